The Morgan fingerprint density at radius 1 is 1.06 bits per heavy atom. The minimum absolute atomic E-state index is 0.359. The van der Waals surface area contributed by atoms with Gasteiger partial charge in [0.1, 0.15) is 0 Å². The van der Waals surface area contributed by atoms with Crippen molar-refractivity contribution in [2.24, 2.45) is 4.99 Å². The second-order valence-electron chi connectivity index (χ2n) is 9.28. The Morgan fingerprint density at radius 3 is 2.47 bits per heavy atom. The molecule has 0 radical (unpaired) electrons. The molecule has 1 saturated carbocycles. The molecule has 3 rings (SSSR count). The maximum absolute atomic E-state index is 6.01. The van der Waals surface area contributed by atoms with Crippen molar-refractivity contribution in [3.63, 3.8) is 0 Å². The molecule has 1 aromatic rings. The van der Waals surface area contributed by atoms with Gasteiger partial charge in [-0.05, 0) is 50.3 Å². The van der Waals surface area contributed by atoms with Gasteiger partial charge in [-0.25, -0.2) is 0 Å². The number of rotatable bonds is 10. The van der Waals surface area contributed by atoms with Crippen molar-refractivity contribution < 1.29 is 9.47 Å². The van der Waals surface area contributed by atoms with Crippen LogP contribution >= 0.6 is 0 Å². The van der Waals surface area contributed by atoms with Crippen LogP contribution in [0.2, 0.25) is 0 Å². The van der Waals surface area contributed by atoms with Crippen LogP contribution < -0.4 is 5.32 Å². The fraction of sp³-hybridized carbons (Fsp3) is 0.731. The number of methoxy groups -OCH3 is 1. The SMILES string of the molecule is CN=C(NCc1ccccc1CN(C)C1CCCCC1)N1CCC(OCCCOC)CC1. The predicted octanol–water partition coefficient (Wildman–Crippen LogP) is 4.04. The average Bonchev–Trinajstić information content (AvgIpc) is 2.84. The summed E-state index contributed by atoms with van der Waals surface area (Å²) in [6, 6.07) is 9.59. The van der Waals surface area contributed by atoms with Gasteiger partial charge in [-0.15, -0.1) is 0 Å². The van der Waals surface area contributed by atoms with Crippen LogP contribution in [0.1, 0.15) is 62.5 Å². The zero-order valence-electron chi connectivity index (χ0n) is 20.5. The molecule has 0 bridgehead atoms. The first-order valence-corrected chi connectivity index (χ1v) is 12.5. The molecule has 0 aromatic heterocycles. The highest BCUT2D eigenvalue weighted by Gasteiger charge is 2.22. The third-order valence-corrected chi connectivity index (χ3v) is 6.97. The number of nitrogens with zero attached hydrogens (tertiary/aromatic N) is 3. The predicted molar refractivity (Wildman–Crippen MR) is 132 cm³/mol. The number of benzene rings is 1. The Balaban J connectivity index is 1.47. The molecule has 6 nitrogen and oxygen atoms in total. The summed E-state index contributed by atoms with van der Waals surface area (Å²) in [5.74, 6) is 0.998. The third kappa shape index (κ3) is 7.75. The van der Waals surface area contributed by atoms with E-state index in [0.717, 1.165) is 70.7 Å². The first kappa shape index (κ1) is 25.0. The second-order valence-corrected chi connectivity index (χ2v) is 9.28. The summed E-state index contributed by atoms with van der Waals surface area (Å²) >= 11 is 0. The van der Waals surface area contributed by atoms with E-state index in [1.54, 1.807) is 7.11 Å². The lowest BCUT2D eigenvalue weighted by atomic mass is 9.94. The zero-order valence-corrected chi connectivity index (χ0v) is 20.5. The number of nitrogens with one attached hydrogen (secondary N) is 1. The number of hydrogen-bond donors (Lipinski definition) is 1. The largest absolute Gasteiger partial charge is 0.385 e. The van der Waals surface area contributed by atoms with E-state index in [9.17, 15) is 0 Å². The molecule has 2 aliphatic rings. The number of piperidine rings is 1. The summed E-state index contributed by atoms with van der Waals surface area (Å²) < 4.78 is 11.1. The molecule has 6 heteroatoms. The highest BCUT2D eigenvalue weighted by atomic mass is 16.5. The average molecular weight is 445 g/mol. The van der Waals surface area contributed by atoms with Gasteiger partial charge in [0.2, 0.25) is 0 Å². The van der Waals surface area contributed by atoms with Crippen LogP contribution in [-0.2, 0) is 22.6 Å². The molecule has 0 spiro atoms. The van der Waals surface area contributed by atoms with Gasteiger partial charge in [-0.1, -0.05) is 43.5 Å². The molecule has 1 aromatic carbocycles. The third-order valence-electron chi connectivity index (χ3n) is 6.97. The standard InChI is InChI=1S/C26H44N4O2/c1-27-26(30-16-14-25(15-17-30)32-19-9-18-31-3)28-20-22-10-7-8-11-23(22)21-29(2)24-12-5-4-6-13-24/h7-8,10-11,24-25H,4-6,9,12-21H2,1-3H3,(H,27,28). The molecule has 0 atom stereocenters. The van der Waals surface area contributed by atoms with Gasteiger partial charge in [-0.3, -0.25) is 9.89 Å². The minimum atomic E-state index is 0.359. The highest BCUT2D eigenvalue weighted by Crippen LogP contribution is 2.23. The second kappa shape index (κ2) is 13.8. The van der Waals surface area contributed by atoms with Gasteiger partial charge in [-0.2, -0.15) is 0 Å². The lowest BCUT2D eigenvalue weighted by Crippen LogP contribution is -2.46. The van der Waals surface area contributed by atoms with Crippen LogP contribution in [0.3, 0.4) is 0 Å². The maximum Gasteiger partial charge on any atom is 0.193 e. The number of ether oxygens (including phenoxy) is 2. The lowest BCUT2D eigenvalue weighted by molar-refractivity contribution is 0.00989. The number of hydrogen-bond acceptors (Lipinski definition) is 4. The summed E-state index contributed by atoms with van der Waals surface area (Å²) in [5, 5.41) is 3.62. The van der Waals surface area contributed by atoms with Crippen LogP contribution in [0.4, 0.5) is 0 Å². The quantitative estimate of drug-likeness (QED) is 0.335. The number of guanidine groups is 1. The van der Waals surface area contributed by atoms with Gasteiger partial charge in [0, 0.05) is 59.6 Å². The number of likely N-dealkylation sites (tertiary alicyclic amines) is 1. The van der Waals surface area contributed by atoms with Crippen molar-refractivity contribution >= 4 is 5.96 Å². The van der Waals surface area contributed by atoms with Crippen molar-refractivity contribution in [2.45, 2.75) is 76.6 Å². The van der Waals surface area contributed by atoms with Crippen LogP contribution in [-0.4, -0.2) is 75.4 Å². The Kier molecular flexibility index (Phi) is 10.8. The van der Waals surface area contributed by atoms with E-state index < -0.39 is 0 Å². The van der Waals surface area contributed by atoms with E-state index in [0.29, 0.717) is 6.10 Å². The van der Waals surface area contributed by atoms with Crippen LogP contribution in [0.25, 0.3) is 0 Å². The van der Waals surface area contributed by atoms with Crippen molar-refractivity contribution in [3.05, 3.63) is 35.4 Å². The van der Waals surface area contributed by atoms with Gasteiger partial charge in [0.25, 0.3) is 0 Å². The summed E-state index contributed by atoms with van der Waals surface area (Å²) in [5.41, 5.74) is 2.79. The van der Waals surface area contributed by atoms with E-state index in [1.807, 2.05) is 7.05 Å². The van der Waals surface area contributed by atoms with E-state index in [1.165, 1.54) is 43.2 Å². The Labute approximate surface area is 195 Å². The van der Waals surface area contributed by atoms with Crippen LogP contribution in [0.5, 0.6) is 0 Å². The number of aliphatic imine (C=N–C) groups is 1. The van der Waals surface area contributed by atoms with E-state index >= 15 is 0 Å². The van der Waals surface area contributed by atoms with Crippen LogP contribution in [0.15, 0.2) is 29.3 Å². The normalized spacial score (nSPS) is 19.0. The molecule has 180 valence electrons. The Hall–Kier alpha value is -1.63. The van der Waals surface area contributed by atoms with Gasteiger partial charge in [0.05, 0.1) is 6.10 Å². The van der Waals surface area contributed by atoms with Gasteiger partial charge in [0.15, 0.2) is 5.96 Å². The zero-order chi connectivity index (χ0) is 22.6. The fourth-order valence-electron chi connectivity index (χ4n) is 5.00. The monoisotopic (exact) mass is 444 g/mol. The molecule has 1 heterocycles. The molecule has 1 saturated heterocycles. The molecular weight excluding hydrogens is 400 g/mol. The van der Waals surface area contributed by atoms with Gasteiger partial charge < -0.3 is 19.7 Å². The summed E-state index contributed by atoms with van der Waals surface area (Å²) in [6.45, 7) is 5.37. The molecule has 32 heavy (non-hydrogen) atoms. The maximum atomic E-state index is 6.01. The molecule has 2 fully saturated rings. The summed E-state index contributed by atoms with van der Waals surface area (Å²) in [6.07, 6.45) is 10.3. The summed E-state index contributed by atoms with van der Waals surface area (Å²) in [4.78, 5) is 9.49. The summed E-state index contributed by atoms with van der Waals surface area (Å²) in [7, 11) is 5.92. The fourth-order valence-corrected chi connectivity index (χ4v) is 5.00. The molecular formula is C26H44N4O2. The van der Waals surface area contributed by atoms with Crippen LogP contribution in [0, 0.1) is 0 Å². The van der Waals surface area contributed by atoms with E-state index in [2.05, 4.69) is 51.4 Å². The van der Waals surface area contributed by atoms with Crippen molar-refractivity contribution in [2.75, 3.05) is 47.5 Å². The first-order chi connectivity index (χ1) is 15.7. The topological polar surface area (TPSA) is 49.3 Å². The van der Waals surface area contributed by atoms with Gasteiger partial charge >= 0.3 is 0 Å². The molecule has 0 unspecified atom stereocenters. The molecule has 1 aliphatic carbocycles. The minimum Gasteiger partial charge on any atom is -0.385 e. The van der Waals surface area contributed by atoms with Crippen molar-refractivity contribution in [1.29, 1.82) is 0 Å². The van der Waals surface area contributed by atoms with Crippen molar-refractivity contribution in [1.82, 2.24) is 15.1 Å². The van der Waals surface area contributed by atoms with E-state index in [-0.39, 0.29) is 0 Å². The highest BCUT2D eigenvalue weighted by molar-refractivity contribution is 5.80. The van der Waals surface area contributed by atoms with E-state index in [4.69, 9.17) is 9.47 Å². The molecule has 0 amide bonds. The Morgan fingerprint density at radius 2 is 1.78 bits per heavy atom. The molecule has 1 aliphatic heterocycles. The molecule has 1 N–H and O–H groups in total. The smallest absolute Gasteiger partial charge is 0.193 e. The van der Waals surface area contributed by atoms with Crippen molar-refractivity contribution in [3.8, 4) is 0 Å². The Bertz CT molecular complexity index is 682. The lowest BCUT2D eigenvalue weighted by Gasteiger charge is -2.34. The first-order valence-electron chi connectivity index (χ1n) is 12.5.